The van der Waals surface area contributed by atoms with Crippen molar-refractivity contribution in [1.82, 2.24) is 20.1 Å². The van der Waals surface area contributed by atoms with Crippen LogP contribution in [0.5, 0.6) is 0 Å². The molecule has 5 nitrogen and oxygen atoms in total. The van der Waals surface area contributed by atoms with Gasteiger partial charge in [0.25, 0.3) is 0 Å². The number of aryl methyl sites for hydroxylation is 1. The van der Waals surface area contributed by atoms with E-state index in [4.69, 9.17) is 4.52 Å². The van der Waals surface area contributed by atoms with Crippen molar-refractivity contribution in [3.63, 3.8) is 0 Å². The highest BCUT2D eigenvalue weighted by Gasteiger charge is 2.44. The number of aromatic nitrogens is 4. The van der Waals surface area contributed by atoms with E-state index >= 15 is 0 Å². The van der Waals surface area contributed by atoms with Crippen molar-refractivity contribution < 1.29 is 4.52 Å². The highest BCUT2D eigenvalue weighted by molar-refractivity contribution is 5.46. The van der Waals surface area contributed by atoms with Crippen LogP contribution in [-0.4, -0.2) is 20.1 Å². The normalized spacial score (nSPS) is 20.4. The lowest BCUT2D eigenvalue weighted by atomic mass is 10.0. The summed E-state index contributed by atoms with van der Waals surface area (Å²) in [5, 5.41) is 4.01. The Kier molecular flexibility index (Phi) is 2.77. The minimum absolute atomic E-state index is 0.323. The van der Waals surface area contributed by atoms with Crippen LogP contribution in [0.3, 0.4) is 0 Å². The van der Waals surface area contributed by atoms with Crippen molar-refractivity contribution in [2.75, 3.05) is 0 Å². The zero-order valence-electron chi connectivity index (χ0n) is 11.6. The molecule has 0 spiro atoms. The monoisotopic (exact) mass is 278 g/mol. The Morgan fingerprint density at radius 1 is 1.14 bits per heavy atom. The van der Waals surface area contributed by atoms with Gasteiger partial charge in [-0.05, 0) is 30.4 Å². The van der Waals surface area contributed by atoms with Gasteiger partial charge < -0.3 is 4.52 Å². The first-order chi connectivity index (χ1) is 10.3. The molecule has 5 heteroatoms. The molecule has 0 saturated heterocycles. The van der Waals surface area contributed by atoms with E-state index in [0.29, 0.717) is 29.2 Å². The van der Waals surface area contributed by atoms with E-state index in [1.807, 2.05) is 0 Å². The average Bonchev–Trinajstić information content (AvgIpc) is 3.16. The first kappa shape index (κ1) is 12.2. The standard InChI is InChI=1S/C16H14N4O/c1-10-4-2-3-5-11(10)12-8-13(12)16-19-15(20-21-16)14-9-17-6-7-18-14/h2-7,9,12-13H,8H2,1H3/t12-,13+/m1/s1. The number of hydrogen-bond donors (Lipinski definition) is 0. The summed E-state index contributed by atoms with van der Waals surface area (Å²) < 4.78 is 5.41. The van der Waals surface area contributed by atoms with Gasteiger partial charge in [0.1, 0.15) is 5.69 Å². The molecule has 0 radical (unpaired) electrons. The molecule has 1 fully saturated rings. The Labute approximate surface area is 122 Å². The molecule has 0 aliphatic heterocycles. The van der Waals surface area contributed by atoms with Crippen LogP contribution in [0.2, 0.25) is 0 Å². The van der Waals surface area contributed by atoms with Gasteiger partial charge in [-0.15, -0.1) is 0 Å². The molecule has 0 amide bonds. The lowest BCUT2D eigenvalue weighted by molar-refractivity contribution is 0.378. The zero-order chi connectivity index (χ0) is 14.2. The second-order valence-electron chi connectivity index (χ2n) is 5.35. The molecule has 4 rings (SSSR count). The van der Waals surface area contributed by atoms with Crippen LogP contribution >= 0.6 is 0 Å². The third-order valence-corrected chi connectivity index (χ3v) is 3.93. The molecule has 1 aliphatic carbocycles. The second kappa shape index (κ2) is 4.77. The van der Waals surface area contributed by atoms with E-state index in [0.717, 1.165) is 6.42 Å². The lowest BCUT2D eigenvalue weighted by Crippen LogP contribution is -1.89. The van der Waals surface area contributed by atoms with Gasteiger partial charge >= 0.3 is 0 Å². The van der Waals surface area contributed by atoms with Crippen LogP contribution in [0, 0.1) is 6.92 Å². The first-order valence-electron chi connectivity index (χ1n) is 6.98. The Bertz CT molecular complexity index is 769. The maximum atomic E-state index is 5.41. The summed E-state index contributed by atoms with van der Waals surface area (Å²) in [5.74, 6) is 2.02. The number of hydrogen-bond acceptors (Lipinski definition) is 5. The largest absolute Gasteiger partial charge is 0.339 e. The van der Waals surface area contributed by atoms with Gasteiger partial charge in [-0.3, -0.25) is 4.98 Å². The van der Waals surface area contributed by atoms with Crippen molar-refractivity contribution in [3.05, 3.63) is 59.9 Å². The van der Waals surface area contributed by atoms with Crippen molar-refractivity contribution in [1.29, 1.82) is 0 Å². The second-order valence-corrected chi connectivity index (χ2v) is 5.35. The summed E-state index contributed by atoms with van der Waals surface area (Å²) >= 11 is 0. The summed E-state index contributed by atoms with van der Waals surface area (Å²) in [6.07, 6.45) is 5.95. The molecule has 2 heterocycles. The summed E-state index contributed by atoms with van der Waals surface area (Å²) in [4.78, 5) is 12.7. The van der Waals surface area contributed by atoms with Crippen LogP contribution in [0.1, 0.15) is 35.3 Å². The van der Waals surface area contributed by atoms with Gasteiger partial charge in [0.2, 0.25) is 11.7 Å². The Balaban J connectivity index is 1.57. The molecular weight excluding hydrogens is 264 g/mol. The van der Waals surface area contributed by atoms with Crippen LogP contribution < -0.4 is 0 Å². The fraction of sp³-hybridized carbons (Fsp3) is 0.250. The van der Waals surface area contributed by atoms with Crippen molar-refractivity contribution in [2.45, 2.75) is 25.2 Å². The van der Waals surface area contributed by atoms with Gasteiger partial charge in [0, 0.05) is 18.3 Å². The average molecular weight is 278 g/mol. The van der Waals surface area contributed by atoms with Crippen LogP contribution in [0.4, 0.5) is 0 Å². The van der Waals surface area contributed by atoms with Gasteiger partial charge in [0.05, 0.1) is 6.20 Å². The van der Waals surface area contributed by atoms with Gasteiger partial charge in [-0.25, -0.2) is 4.98 Å². The molecule has 1 aromatic carbocycles. The summed E-state index contributed by atoms with van der Waals surface area (Å²) in [5.41, 5.74) is 3.33. The molecule has 2 atom stereocenters. The maximum absolute atomic E-state index is 5.41. The Hall–Kier alpha value is -2.56. The predicted molar refractivity (Wildman–Crippen MR) is 76.6 cm³/mol. The van der Waals surface area contributed by atoms with E-state index in [-0.39, 0.29) is 0 Å². The number of rotatable bonds is 3. The van der Waals surface area contributed by atoms with Gasteiger partial charge in [-0.2, -0.15) is 4.98 Å². The van der Waals surface area contributed by atoms with Crippen molar-refractivity contribution in [3.8, 4) is 11.5 Å². The van der Waals surface area contributed by atoms with E-state index in [1.165, 1.54) is 11.1 Å². The molecular formula is C16H14N4O. The van der Waals surface area contributed by atoms with Crippen molar-refractivity contribution >= 4 is 0 Å². The Morgan fingerprint density at radius 2 is 2.05 bits per heavy atom. The highest BCUT2D eigenvalue weighted by Crippen LogP contribution is 2.54. The summed E-state index contributed by atoms with van der Waals surface area (Å²) in [6.45, 7) is 2.14. The van der Waals surface area contributed by atoms with Crippen LogP contribution in [0.15, 0.2) is 47.4 Å². The van der Waals surface area contributed by atoms with Gasteiger partial charge in [0.15, 0.2) is 0 Å². The molecule has 1 aliphatic rings. The summed E-state index contributed by atoms with van der Waals surface area (Å²) in [6, 6.07) is 8.47. The molecule has 104 valence electrons. The van der Waals surface area contributed by atoms with Crippen molar-refractivity contribution in [2.24, 2.45) is 0 Å². The smallest absolute Gasteiger partial charge is 0.230 e. The van der Waals surface area contributed by atoms with E-state index < -0.39 is 0 Å². The van der Waals surface area contributed by atoms with E-state index in [1.54, 1.807) is 18.6 Å². The summed E-state index contributed by atoms with van der Waals surface area (Å²) in [7, 11) is 0. The molecule has 0 N–H and O–H groups in total. The molecule has 3 aromatic rings. The predicted octanol–water partition coefficient (Wildman–Crippen LogP) is 3.11. The first-order valence-corrected chi connectivity index (χ1v) is 6.98. The lowest BCUT2D eigenvalue weighted by Gasteiger charge is -2.02. The van der Waals surface area contributed by atoms with E-state index in [2.05, 4.69) is 51.3 Å². The van der Waals surface area contributed by atoms with E-state index in [9.17, 15) is 0 Å². The molecule has 0 bridgehead atoms. The molecule has 2 aromatic heterocycles. The molecule has 21 heavy (non-hydrogen) atoms. The quantitative estimate of drug-likeness (QED) is 0.736. The zero-order valence-corrected chi connectivity index (χ0v) is 11.6. The van der Waals surface area contributed by atoms with Gasteiger partial charge in [-0.1, -0.05) is 29.4 Å². The third-order valence-electron chi connectivity index (χ3n) is 3.93. The molecule has 0 unspecified atom stereocenters. The van der Waals surface area contributed by atoms with Crippen LogP contribution in [-0.2, 0) is 0 Å². The topological polar surface area (TPSA) is 64.7 Å². The minimum Gasteiger partial charge on any atom is -0.339 e. The molecule has 1 saturated carbocycles. The maximum Gasteiger partial charge on any atom is 0.230 e. The fourth-order valence-corrected chi connectivity index (χ4v) is 2.72. The number of nitrogens with zero attached hydrogens (tertiary/aromatic N) is 4. The van der Waals surface area contributed by atoms with Crippen LogP contribution in [0.25, 0.3) is 11.5 Å². The number of benzene rings is 1. The minimum atomic E-state index is 0.323. The highest BCUT2D eigenvalue weighted by atomic mass is 16.5. The Morgan fingerprint density at radius 3 is 2.86 bits per heavy atom. The third kappa shape index (κ3) is 2.20. The SMILES string of the molecule is Cc1ccccc1[C@H]1C[C@@H]1c1nc(-c2cnccn2)no1. The fourth-order valence-electron chi connectivity index (χ4n) is 2.72.